The van der Waals surface area contributed by atoms with Gasteiger partial charge in [0.25, 0.3) is 5.56 Å². The Morgan fingerprint density at radius 3 is 3.00 bits per heavy atom. The van der Waals surface area contributed by atoms with Gasteiger partial charge < -0.3 is 5.11 Å². The summed E-state index contributed by atoms with van der Waals surface area (Å²) in [5.74, 6) is -0.833. The highest BCUT2D eigenvalue weighted by atomic mass is 32.1. The molecule has 6 heteroatoms. The van der Waals surface area contributed by atoms with Gasteiger partial charge in [-0.3, -0.25) is 14.2 Å². The minimum Gasteiger partial charge on any atom is -0.481 e. The number of hydrogen-bond donors (Lipinski definition) is 1. The normalized spacial score (nSPS) is 14.4. The Labute approximate surface area is 119 Å². The molecule has 5 nitrogen and oxygen atoms in total. The number of aromatic nitrogens is 2. The van der Waals surface area contributed by atoms with Gasteiger partial charge >= 0.3 is 5.97 Å². The molecule has 0 unspecified atom stereocenters. The summed E-state index contributed by atoms with van der Waals surface area (Å²) in [6, 6.07) is 0. The summed E-state index contributed by atoms with van der Waals surface area (Å²) >= 11 is 1.63. The van der Waals surface area contributed by atoms with Gasteiger partial charge in [0.05, 0.1) is 11.7 Å². The standard InChI is InChI=1S/C14H16N2O3S/c17-11(18)6-3-7-16-8-15-13-12(14(16)19)9-4-1-2-5-10(9)20-13/h8H,1-7H2,(H,17,18). The van der Waals surface area contributed by atoms with E-state index in [0.717, 1.165) is 29.5 Å². The lowest BCUT2D eigenvalue weighted by Crippen LogP contribution is -2.21. The van der Waals surface area contributed by atoms with Crippen LogP contribution in [0.2, 0.25) is 0 Å². The van der Waals surface area contributed by atoms with Crippen LogP contribution in [-0.2, 0) is 24.2 Å². The molecule has 0 fully saturated rings. The van der Waals surface area contributed by atoms with Crippen molar-refractivity contribution >= 4 is 27.5 Å². The molecule has 0 bridgehead atoms. The van der Waals surface area contributed by atoms with Crippen molar-refractivity contribution in [2.75, 3.05) is 0 Å². The van der Waals surface area contributed by atoms with E-state index in [1.54, 1.807) is 22.2 Å². The van der Waals surface area contributed by atoms with Crippen molar-refractivity contribution in [2.24, 2.45) is 0 Å². The minimum atomic E-state index is -0.833. The molecule has 20 heavy (non-hydrogen) atoms. The largest absolute Gasteiger partial charge is 0.481 e. The van der Waals surface area contributed by atoms with E-state index in [0.29, 0.717) is 13.0 Å². The first-order valence-electron chi connectivity index (χ1n) is 6.88. The molecule has 0 saturated heterocycles. The second-order valence-electron chi connectivity index (χ2n) is 5.13. The quantitative estimate of drug-likeness (QED) is 0.937. The Bertz CT molecular complexity index is 717. The third-order valence-corrected chi connectivity index (χ3v) is 4.93. The van der Waals surface area contributed by atoms with Crippen molar-refractivity contribution in [3.63, 3.8) is 0 Å². The van der Waals surface area contributed by atoms with Crippen molar-refractivity contribution in [3.8, 4) is 0 Å². The second kappa shape index (κ2) is 5.36. The van der Waals surface area contributed by atoms with Crippen molar-refractivity contribution in [3.05, 3.63) is 27.1 Å². The minimum absolute atomic E-state index is 0.0141. The van der Waals surface area contributed by atoms with Gasteiger partial charge in [-0.05, 0) is 37.7 Å². The van der Waals surface area contributed by atoms with Gasteiger partial charge in [0, 0.05) is 17.8 Å². The average Bonchev–Trinajstić information content (AvgIpc) is 2.80. The fraction of sp³-hybridized carbons (Fsp3) is 0.500. The van der Waals surface area contributed by atoms with E-state index in [4.69, 9.17) is 5.11 Å². The number of thiophene rings is 1. The van der Waals surface area contributed by atoms with E-state index < -0.39 is 5.97 Å². The van der Waals surface area contributed by atoms with Crippen LogP contribution in [0.1, 0.15) is 36.1 Å². The number of fused-ring (bicyclic) bond motifs is 3. The Balaban J connectivity index is 1.97. The number of rotatable bonds is 4. The van der Waals surface area contributed by atoms with Crippen LogP contribution in [0, 0.1) is 0 Å². The smallest absolute Gasteiger partial charge is 0.303 e. The lowest BCUT2D eigenvalue weighted by atomic mass is 9.97. The molecule has 2 aromatic rings. The molecule has 0 amide bonds. The highest BCUT2D eigenvalue weighted by Crippen LogP contribution is 2.33. The summed E-state index contributed by atoms with van der Waals surface area (Å²) in [4.78, 5) is 29.6. The molecule has 1 aliphatic rings. The van der Waals surface area contributed by atoms with Gasteiger partial charge in [0.2, 0.25) is 0 Å². The number of aryl methyl sites for hydroxylation is 3. The lowest BCUT2D eigenvalue weighted by molar-refractivity contribution is -0.137. The third kappa shape index (κ3) is 2.35. The third-order valence-electron chi connectivity index (χ3n) is 3.73. The van der Waals surface area contributed by atoms with Gasteiger partial charge in [-0.2, -0.15) is 0 Å². The summed E-state index contributed by atoms with van der Waals surface area (Å²) in [7, 11) is 0. The maximum atomic E-state index is 12.5. The molecule has 1 N–H and O–H groups in total. The van der Waals surface area contributed by atoms with Crippen LogP contribution in [0.25, 0.3) is 10.2 Å². The van der Waals surface area contributed by atoms with Crippen LogP contribution in [-0.4, -0.2) is 20.6 Å². The van der Waals surface area contributed by atoms with Crippen LogP contribution in [0.4, 0.5) is 0 Å². The molecule has 1 aliphatic carbocycles. The van der Waals surface area contributed by atoms with E-state index in [1.807, 2.05) is 0 Å². The molecule has 0 saturated carbocycles. The number of carboxylic acid groups (broad SMARTS) is 1. The Kier molecular flexibility index (Phi) is 3.56. The van der Waals surface area contributed by atoms with E-state index in [1.165, 1.54) is 16.9 Å². The lowest BCUT2D eigenvalue weighted by Gasteiger charge is -2.10. The zero-order chi connectivity index (χ0) is 14.1. The number of aliphatic carboxylic acids is 1. The summed E-state index contributed by atoms with van der Waals surface area (Å²) in [5, 5.41) is 9.42. The Morgan fingerprint density at radius 2 is 2.20 bits per heavy atom. The summed E-state index contributed by atoms with van der Waals surface area (Å²) in [5.41, 5.74) is 1.17. The van der Waals surface area contributed by atoms with E-state index in [-0.39, 0.29) is 12.0 Å². The van der Waals surface area contributed by atoms with Crippen molar-refractivity contribution in [2.45, 2.75) is 45.1 Å². The molecule has 0 atom stereocenters. The van der Waals surface area contributed by atoms with E-state index >= 15 is 0 Å². The Morgan fingerprint density at radius 1 is 1.40 bits per heavy atom. The zero-order valence-corrected chi connectivity index (χ0v) is 11.9. The van der Waals surface area contributed by atoms with Crippen LogP contribution < -0.4 is 5.56 Å². The number of carbonyl (C=O) groups is 1. The van der Waals surface area contributed by atoms with Crippen LogP contribution >= 0.6 is 11.3 Å². The van der Waals surface area contributed by atoms with Crippen molar-refractivity contribution in [1.29, 1.82) is 0 Å². The molecular formula is C14H16N2O3S. The molecule has 3 rings (SSSR count). The monoisotopic (exact) mass is 292 g/mol. The fourth-order valence-corrected chi connectivity index (χ4v) is 3.96. The van der Waals surface area contributed by atoms with E-state index in [9.17, 15) is 9.59 Å². The number of hydrogen-bond acceptors (Lipinski definition) is 4. The molecule has 0 aromatic carbocycles. The van der Waals surface area contributed by atoms with Crippen LogP contribution in [0.5, 0.6) is 0 Å². The highest BCUT2D eigenvalue weighted by Gasteiger charge is 2.19. The average molecular weight is 292 g/mol. The predicted molar refractivity (Wildman–Crippen MR) is 77.4 cm³/mol. The first-order chi connectivity index (χ1) is 9.66. The summed E-state index contributed by atoms with van der Waals surface area (Å²) < 4.78 is 1.55. The summed E-state index contributed by atoms with van der Waals surface area (Å²) in [6.07, 6.45) is 6.41. The maximum Gasteiger partial charge on any atom is 0.303 e. The van der Waals surface area contributed by atoms with Crippen molar-refractivity contribution in [1.82, 2.24) is 9.55 Å². The van der Waals surface area contributed by atoms with E-state index in [2.05, 4.69) is 4.98 Å². The second-order valence-corrected chi connectivity index (χ2v) is 6.22. The number of nitrogens with zero attached hydrogens (tertiary/aromatic N) is 2. The van der Waals surface area contributed by atoms with Gasteiger partial charge in [0.15, 0.2) is 0 Å². The van der Waals surface area contributed by atoms with Gasteiger partial charge in [-0.15, -0.1) is 11.3 Å². The first kappa shape index (κ1) is 13.3. The van der Waals surface area contributed by atoms with Gasteiger partial charge in [-0.25, -0.2) is 4.98 Å². The van der Waals surface area contributed by atoms with Crippen molar-refractivity contribution < 1.29 is 9.90 Å². The fourth-order valence-electron chi connectivity index (χ4n) is 2.74. The molecule has 0 radical (unpaired) electrons. The topological polar surface area (TPSA) is 72.2 Å². The van der Waals surface area contributed by atoms with Gasteiger partial charge in [-0.1, -0.05) is 0 Å². The SMILES string of the molecule is O=C(O)CCCn1cnc2sc3c(c2c1=O)CCCC3. The maximum absolute atomic E-state index is 12.5. The molecule has 2 heterocycles. The van der Waals surface area contributed by atoms with Crippen LogP contribution in [0.15, 0.2) is 11.1 Å². The molecule has 0 aliphatic heterocycles. The van der Waals surface area contributed by atoms with Crippen LogP contribution in [0.3, 0.4) is 0 Å². The van der Waals surface area contributed by atoms with Gasteiger partial charge in [0.1, 0.15) is 4.83 Å². The molecular weight excluding hydrogens is 276 g/mol. The highest BCUT2D eigenvalue weighted by molar-refractivity contribution is 7.18. The summed E-state index contributed by atoms with van der Waals surface area (Å²) in [6.45, 7) is 0.415. The number of carboxylic acids is 1. The molecule has 106 valence electrons. The molecule has 2 aromatic heterocycles. The zero-order valence-electron chi connectivity index (χ0n) is 11.1. The predicted octanol–water partition coefficient (Wildman–Crippen LogP) is 2.20. The molecule has 0 spiro atoms. The first-order valence-corrected chi connectivity index (χ1v) is 7.70. The Hall–Kier alpha value is -1.69.